The first-order chi connectivity index (χ1) is 5.92. The molecule has 1 aliphatic heterocycles. The quantitative estimate of drug-likeness (QED) is 0.666. The van der Waals surface area contributed by atoms with Crippen molar-refractivity contribution in [3.8, 4) is 5.75 Å². The Kier molecular flexibility index (Phi) is 1.98. The summed E-state index contributed by atoms with van der Waals surface area (Å²) in [7, 11) is 0. The molecule has 1 heterocycles. The second kappa shape index (κ2) is 3.13. The Morgan fingerprint density at radius 1 is 1.50 bits per heavy atom. The van der Waals surface area contributed by atoms with E-state index in [1.165, 1.54) is 5.56 Å². The Hall–Kier alpha value is -1.06. The van der Waals surface area contributed by atoms with Crippen molar-refractivity contribution in [1.29, 1.82) is 0 Å². The maximum absolute atomic E-state index is 5.43. The molecule has 1 aliphatic rings. The summed E-state index contributed by atoms with van der Waals surface area (Å²) in [5, 5.41) is 0. The summed E-state index contributed by atoms with van der Waals surface area (Å²) in [5.41, 5.74) is 1.20. The molecular weight excluding hydrogens is 154 g/mol. The van der Waals surface area contributed by atoms with Crippen molar-refractivity contribution in [3.05, 3.63) is 29.8 Å². The molecule has 0 fully saturated rings. The Balaban J connectivity index is 2.24. The molecule has 1 aromatic carbocycles. The number of para-hydroxylation sites is 1. The second-order valence-corrected chi connectivity index (χ2v) is 2.88. The number of fused-ring (bicyclic) bond motifs is 1. The van der Waals surface area contributed by atoms with Crippen molar-refractivity contribution >= 4 is 0 Å². The van der Waals surface area contributed by atoms with Crippen LogP contribution in [0.25, 0.3) is 0 Å². The van der Waals surface area contributed by atoms with E-state index in [1.807, 2.05) is 24.3 Å². The van der Waals surface area contributed by atoms with Crippen molar-refractivity contribution in [2.24, 2.45) is 5.90 Å². The number of rotatable bonds is 2. The average molecular weight is 165 g/mol. The molecule has 0 saturated carbocycles. The fourth-order valence-electron chi connectivity index (χ4n) is 1.48. The van der Waals surface area contributed by atoms with Gasteiger partial charge in [-0.2, -0.15) is 0 Å². The Morgan fingerprint density at radius 3 is 3.17 bits per heavy atom. The van der Waals surface area contributed by atoms with Gasteiger partial charge in [0.2, 0.25) is 0 Å². The van der Waals surface area contributed by atoms with Gasteiger partial charge in [-0.05, 0) is 6.07 Å². The highest BCUT2D eigenvalue weighted by Crippen LogP contribution is 2.32. The van der Waals surface area contributed by atoms with E-state index in [9.17, 15) is 0 Å². The topological polar surface area (TPSA) is 44.5 Å². The van der Waals surface area contributed by atoms with Gasteiger partial charge in [-0.15, -0.1) is 0 Å². The van der Waals surface area contributed by atoms with Crippen molar-refractivity contribution in [1.82, 2.24) is 0 Å². The lowest BCUT2D eigenvalue weighted by molar-refractivity contribution is 0.115. The number of benzene rings is 1. The largest absolute Gasteiger partial charge is 0.493 e. The van der Waals surface area contributed by atoms with Crippen molar-refractivity contribution in [2.75, 3.05) is 13.2 Å². The van der Waals surface area contributed by atoms with Crippen LogP contribution >= 0.6 is 0 Å². The van der Waals surface area contributed by atoms with Crippen LogP contribution in [0.1, 0.15) is 11.5 Å². The third-order valence-electron chi connectivity index (χ3n) is 2.10. The highest BCUT2D eigenvalue weighted by atomic mass is 16.6. The van der Waals surface area contributed by atoms with Crippen LogP contribution < -0.4 is 10.6 Å². The van der Waals surface area contributed by atoms with Crippen LogP contribution in [0.4, 0.5) is 0 Å². The molecule has 0 saturated heterocycles. The van der Waals surface area contributed by atoms with E-state index in [0.717, 1.165) is 5.75 Å². The van der Waals surface area contributed by atoms with Gasteiger partial charge >= 0.3 is 0 Å². The lowest BCUT2D eigenvalue weighted by Gasteiger charge is -2.04. The zero-order chi connectivity index (χ0) is 8.39. The van der Waals surface area contributed by atoms with Crippen LogP contribution in [-0.4, -0.2) is 13.2 Å². The van der Waals surface area contributed by atoms with Gasteiger partial charge in [-0.25, -0.2) is 5.90 Å². The minimum atomic E-state index is 0.297. The molecule has 12 heavy (non-hydrogen) atoms. The minimum Gasteiger partial charge on any atom is -0.493 e. The Labute approximate surface area is 71.0 Å². The molecule has 0 aromatic heterocycles. The zero-order valence-electron chi connectivity index (χ0n) is 6.69. The molecule has 1 unspecified atom stereocenters. The Bertz CT molecular complexity index is 273. The monoisotopic (exact) mass is 165 g/mol. The lowest BCUT2D eigenvalue weighted by Crippen LogP contribution is -2.12. The van der Waals surface area contributed by atoms with E-state index in [-0.39, 0.29) is 0 Å². The summed E-state index contributed by atoms with van der Waals surface area (Å²) in [6, 6.07) is 7.97. The van der Waals surface area contributed by atoms with E-state index in [1.54, 1.807) is 0 Å². The number of nitrogens with two attached hydrogens (primary N) is 1. The molecule has 0 amide bonds. The molecule has 64 valence electrons. The molecule has 3 heteroatoms. The van der Waals surface area contributed by atoms with E-state index < -0.39 is 0 Å². The molecule has 0 aliphatic carbocycles. The number of ether oxygens (including phenoxy) is 1. The van der Waals surface area contributed by atoms with Crippen molar-refractivity contribution in [3.63, 3.8) is 0 Å². The summed E-state index contributed by atoms with van der Waals surface area (Å²) in [4.78, 5) is 4.60. The molecule has 0 radical (unpaired) electrons. The third-order valence-corrected chi connectivity index (χ3v) is 2.10. The predicted octanol–water partition coefficient (Wildman–Crippen LogP) is 1.05. The third kappa shape index (κ3) is 1.17. The molecule has 1 atom stereocenters. The van der Waals surface area contributed by atoms with Gasteiger partial charge in [0.05, 0.1) is 13.2 Å². The van der Waals surface area contributed by atoms with Gasteiger partial charge in [0.1, 0.15) is 5.75 Å². The van der Waals surface area contributed by atoms with Crippen molar-refractivity contribution < 1.29 is 9.57 Å². The number of hydrogen-bond donors (Lipinski definition) is 1. The molecule has 2 rings (SSSR count). The maximum Gasteiger partial charge on any atom is 0.123 e. The summed E-state index contributed by atoms with van der Waals surface area (Å²) < 4.78 is 5.43. The summed E-state index contributed by atoms with van der Waals surface area (Å²) in [6.07, 6.45) is 0. The summed E-state index contributed by atoms with van der Waals surface area (Å²) in [5.74, 6) is 6.27. The average Bonchev–Trinajstić information content (AvgIpc) is 2.50. The number of hydrogen-bond acceptors (Lipinski definition) is 3. The first kappa shape index (κ1) is 7.58. The van der Waals surface area contributed by atoms with Crippen molar-refractivity contribution in [2.45, 2.75) is 5.92 Å². The van der Waals surface area contributed by atoms with Gasteiger partial charge in [-0.3, -0.25) is 0 Å². The highest BCUT2D eigenvalue weighted by molar-refractivity contribution is 5.39. The predicted molar refractivity (Wildman–Crippen MR) is 44.8 cm³/mol. The highest BCUT2D eigenvalue weighted by Gasteiger charge is 2.23. The SMILES string of the molecule is NOCC1COc2ccccc21. The van der Waals surface area contributed by atoms with Gasteiger partial charge in [-0.1, -0.05) is 18.2 Å². The van der Waals surface area contributed by atoms with E-state index in [4.69, 9.17) is 10.6 Å². The molecule has 0 bridgehead atoms. The molecule has 3 nitrogen and oxygen atoms in total. The summed E-state index contributed by atoms with van der Waals surface area (Å²) in [6.45, 7) is 1.20. The smallest absolute Gasteiger partial charge is 0.123 e. The van der Waals surface area contributed by atoms with E-state index in [0.29, 0.717) is 19.1 Å². The van der Waals surface area contributed by atoms with Crippen LogP contribution in [0, 0.1) is 0 Å². The first-order valence-electron chi connectivity index (χ1n) is 3.95. The van der Waals surface area contributed by atoms with Crippen LogP contribution in [0.5, 0.6) is 5.75 Å². The van der Waals surface area contributed by atoms with Crippen LogP contribution in [0.15, 0.2) is 24.3 Å². The van der Waals surface area contributed by atoms with Crippen LogP contribution in [0.2, 0.25) is 0 Å². The lowest BCUT2D eigenvalue weighted by atomic mass is 10.0. The van der Waals surface area contributed by atoms with E-state index in [2.05, 4.69) is 4.84 Å². The van der Waals surface area contributed by atoms with Crippen LogP contribution in [-0.2, 0) is 4.84 Å². The maximum atomic E-state index is 5.43. The van der Waals surface area contributed by atoms with Gasteiger partial charge in [0.15, 0.2) is 0 Å². The standard InChI is InChI=1S/C9H11NO2/c10-12-6-7-5-11-9-4-2-1-3-8(7)9/h1-4,7H,5-6,10H2. The first-order valence-corrected chi connectivity index (χ1v) is 3.95. The molecule has 2 N–H and O–H groups in total. The van der Waals surface area contributed by atoms with Crippen LogP contribution in [0.3, 0.4) is 0 Å². The fraction of sp³-hybridized carbons (Fsp3) is 0.333. The van der Waals surface area contributed by atoms with Gasteiger partial charge < -0.3 is 9.57 Å². The Morgan fingerprint density at radius 2 is 2.33 bits per heavy atom. The summed E-state index contributed by atoms with van der Waals surface area (Å²) >= 11 is 0. The minimum absolute atomic E-state index is 0.297. The fourth-order valence-corrected chi connectivity index (χ4v) is 1.48. The zero-order valence-corrected chi connectivity index (χ0v) is 6.69. The van der Waals surface area contributed by atoms with Gasteiger partial charge in [0, 0.05) is 11.5 Å². The molecule has 0 spiro atoms. The van der Waals surface area contributed by atoms with E-state index >= 15 is 0 Å². The second-order valence-electron chi connectivity index (χ2n) is 2.88. The normalized spacial score (nSPS) is 20.2. The van der Waals surface area contributed by atoms with Gasteiger partial charge in [0.25, 0.3) is 0 Å². The molecule has 1 aromatic rings. The molecular formula is C9H11NO2.